The summed E-state index contributed by atoms with van der Waals surface area (Å²) in [4.78, 5) is 23.6. The molecule has 0 atom stereocenters. The zero-order chi connectivity index (χ0) is 23.9. The van der Waals surface area contributed by atoms with Gasteiger partial charge in [0.25, 0.3) is 5.91 Å². The van der Waals surface area contributed by atoms with E-state index in [-0.39, 0.29) is 17.3 Å². The Morgan fingerprint density at radius 2 is 1.69 bits per heavy atom. The van der Waals surface area contributed by atoms with Crippen molar-refractivity contribution in [1.82, 2.24) is 5.43 Å². The van der Waals surface area contributed by atoms with Crippen molar-refractivity contribution >= 4 is 38.9 Å². The standard InChI is InChI=1S/C21H26N4O6S/c1-14(16-6-8-17(9-7-16)22-15(2)26)23-24-21(27)13-25(32(5,28)29)19-12-18(30-3)10-11-20(19)31-4/h6-12H,13H2,1-5H3,(H,22,26)(H,24,27)/b23-14-. The van der Waals surface area contributed by atoms with Gasteiger partial charge < -0.3 is 14.8 Å². The fraction of sp³-hybridized carbons (Fsp3) is 0.286. The molecular weight excluding hydrogens is 436 g/mol. The molecule has 0 fully saturated rings. The van der Waals surface area contributed by atoms with Crippen LogP contribution in [0, 0.1) is 0 Å². The summed E-state index contributed by atoms with van der Waals surface area (Å²) in [5.74, 6) is -0.151. The quantitative estimate of drug-likeness (QED) is 0.433. The minimum atomic E-state index is -3.82. The Bertz CT molecular complexity index is 1110. The van der Waals surface area contributed by atoms with Crippen molar-refractivity contribution in [3.63, 3.8) is 0 Å². The zero-order valence-electron chi connectivity index (χ0n) is 18.5. The molecule has 172 valence electrons. The minimum Gasteiger partial charge on any atom is -0.497 e. The number of rotatable bonds is 9. The number of hydrogen-bond acceptors (Lipinski definition) is 7. The number of ether oxygens (including phenoxy) is 2. The molecule has 32 heavy (non-hydrogen) atoms. The van der Waals surface area contributed by atoms with Gasteiger partial charge in [-0.3, -0.25) is 13.9 Å². The van der Waals surface area contributed by atoms with Gasteiger partial charge in [0.2, 0.25) is 15.9 Å². The maximum Gasteiger partial charge on any atom is 0.260 e. The van der Waals surface area contributed by atoms with E-state index in [4.69, 9.17) is 9.47 Å². The summed E-state index contributed by atoms with van der Waals surface area (Å²) in [6, 6.07) is 11.5. The molecule has 0 aliphatic carbocycles. The molecule has 0 saturated carbocycles. The average molecular weight is 463 g/mol. The first-order valence-corrected chi connectivity index (χ1v) is 11.3. The first-order chi connectivity index (χ1) is 15.0. The van der Waals surface area contributed by atoms with E-state index in [2.05, 4.69) is 15.8 Å². The molecule has 0 aliphatic heterocycles. The summed E-state index contributed by atoms with van der Waals surface area (Å²) in [6.45, 7) is 2.59. The van der Waals surface area contributed by atoms with Gasteiger partial charge in [-0.25, -0.2) is 13.8 Å². The topological polar surface area (TPSA) is 126 Å². The van der Waals surface area contributed by atoms with E-state index < -0.39 is 22.5 Å². The molecule has 0 spiro atoms. The van der Waals surface area contributed by atoms with E-state index in [0.717, 1.165) is 10.6 Å². The van der Waals surface area contributed by atoms with Crippen molar-refractivity contribution in [2.24, 2.45) is 5.10 Å². The van der Waals surface area contributed by atoms with Crippen LogP contribution in [0.25, 0.3) is 0 Å². The Kier molecular flexibility index (Phi) is 8.19. The van der Waals surface area contributed by atoms with Crippen molar-refractivity contribution < 1.29 is 27.5 Å². The van der Waals surface area contributed by atoms with E-state index in [1.807, 2.05) is 0 Å². The summed E-state index contributed by atoms with van der Waals surface area (Å²) in [7, 11) is -0.975. The van der Waals surface area contributed by atoms with E-state index in [9.17, 15) is 18.0 Å². The van der Waals surface area contributed by atoms with Crippen LogP contribution in [0.4, 0.5) is 11.4 Å². The molecule has 10 nitrogen and oxygen atoms in total. The SMILES string of the molecule is COc1ccc(OC)c(N(CC(=O)N/N=C(/C)c2ccc(NC(C)=O)cc2)S(C)(=O)=O)c1. The highest BCUT2D eigenvalue weighted by Crippen LogP contribution is 2.33. The lowest BCUT2D eigenvalue weighted by atomic mass is 10.1. The number of anilines is 2. The lowest BCUT2D eigenvalue weighted by Crippen LogP contribution is -2.39. The summed E-state index contributed by atoms with van der Waals surface area (Å²) in [6.07, 6.45) is 0.990. The molecule has 0 aliphatic rings. The summed E-state index contributed by atoms with van der Waals surface area (Å²) >= 11 is 0. The monoisotopic (exact) mass is 462 g/mol. The number of benzene rings is 2. The van der Waals surface area contributed by atoms with Crippen molar-refractivity contribution in [3.8, 4) is 11.5 Å². The molecule has 2 rings (SSSR count). The third-order valence-corrected chi connectivity index (χ3v) is 5.44. The van der Waals surface area contributed by atoms with E-state index in [0.29, 0.717) is 22.7 Å². The van der Waals surface area contributed by atoms with Gasteiger partial charge in [-0.15, -0.1) is 0 Å². The Labute approximate surface area is 187 Å². The lowest BCUT2D eigenvalue weighted by molar-refractivity contribution is -0.119. The van der Waals surface area contributed by atoms with Gasteiger partial charge >= 0.3 is 0 Å². The number of amides is 2. The highest BCUT2D eigenvalue weighted by atomic mass is 32.2. The minimum absolute atomic E-state index is 0.166. The Hall–Kier alpha value is -3.60. The van der Waals surface area contributed by atoms with Gasteiger partial charge in [-0.1, -0.05) is 12.1 Å². The van der Waals surface area contributed by atoms with Crippen molar-refractivity contribution in [3.05, 3.63) is 48.0 Å². The zero-order valence-corrected chi connectivity index (χ0v) is 19.3. The lowest BCUT2D eigenvalue weighted by Gasteiger charge is -2.23. The second-order valence-electron chi connectivity index (χ2n) is 6.80. The van der Waals surface area contributed by atoms with Gasteiger partial charge in [-0.05, 0) is 36.8 Å². The number of methoxy groups -OCH3 is 2. The van der Waals surface area contributed by atoms with Gasteiger partial charge in [0.15, 0.2) is 0 Å². The molecule has 0 saturated heterocycles. The van der Waals surface area contributed by atoms with Crippen LogP contribution in [-0.2, 0) is 19.6 Å². The van der Waals surface area contributed by atoms with Gasteiger partial charge in [0.1, 0.15) is 18.0 Å². The van der Waals surface area contributed by atoms with E-state index in [1.54, 1.807) is 43.3 Å². The van der Waals surface area contributed by atoms with Crippen LogP contribution in [0.3, 0.4) is 0 Å². The molecule has 0 heterocycles. The van der Waals surface area contributed by atoms with Gasteiger partial charge in [-0.2, -0.15) is 5.10 Å². The van der Waals surface area contributed by atoms with Gasteiger partial charge in [0, 0.05) is 18.7 Å². The molecule has 2 N–H and O–H groups in total. The molecule has 0 bridgehead atoms. The maximum atomic E-state index is 12.5. The number of nitrogens with one attached hydrogen (secondary N) is 2. The van der Waals surface area contributed by atoms with Crippen LogP contribution in [0.1, 0.15) is 19.4 Å². The Balaban J connectivity index is 2.19. The number of carbonyl (C=O) groups excluding carboxylic acids is 2. The van der Waals surface area contributed by atoms with Crippen molar-refractivity contribution in [2.45, 2.75) is 13.8 Å². The summed E-state index contributed by atoms with van der Waals surface area (Å²) in [5.41, 5.74) is 4.38. The van der Waals surface area contributed by atoms with Crippen LogP contribution in [0.5, 0.6) is 11.5 Å². The molecule has 2 aromatic carbocycles. The third-order valence-electron chi connectivity index (χ3n) is 4.31. The highest BCUT2D eigenvalue weighted by Gasteiger charge is 2.24. The number of nitrogens with zero attached hydrogens (tertiary/aromatic N) is 2. The molecule has 2 aromatic rings. The average Bonchev–Trinajstić information content (AvgIpc) is 2.74. The van der Waals surface area contributed by atoms with Crippen molar-refractivity contribution in [2.75, 3.05) is 36.6 Å². The number of hydrogen-bond donors (Lipinski definition) is 2. The third kappa shape index (κ3) is 6.71. The fourth-order valence-corrected chi connectivity index (χ4v) is 3.60. The highest BCUT2D eigenvalue weighted by molar-refractivity contribution is 7.92. The number of sulfonamides is 1. The Morgan fingerprint density at radius 1 is 1.03 bits per heavy atom. The molecule has 11 heteroatoms. The Morgan fingerprint density at radius 3 is 2.22 bits per heavy atom. The predicted octanol–water partition coefficient (Wildman–Crippen LogP) is 1.97. The molecule has 2 amide bonds. The van der Waals surface area contributed by atoms with Crippen LogP contribution < -0.4 is 24.5 Å². The van der Waals surface area contributed by atoms with Crippen LogP contribution in [0.2, 0.25) is 0 Å². The van der Waals surface area contributed by atoms with Crippen LogP contribution >= 0.6 is 0 Å². The van der Waals surface area contributed by atoms with Crippen LogP contribution in [-0.4, -0.2) is 53.0 Å². The second kappa shape index (κ2) is 10.6. The molecule has 0 aromatic heterocycles. The number of carbonyl (C=O) groups is 2. The molecule has 0 unspecified atom stereocenters. The summed E-state index contributed by atoms with van der Waals surface area (Å²) < 4.78 is 36.1. The predicted molar refractivity (Wildman–Crippen MR) is 123 cm³/mol. The summed E-state index contributed by atoms with van der Waals surface area (Å²) in [5, 5.41) is 6.70. The molecule has 0 radical (unpaired) electrons. The molecular formula is C21H26N4O6S. The first kappa shape index (κ1) is 24.7. The smallest absolute Gasteiger partial charge is 0.260 e. The van der Waals surface area contributed by atoms with Gasteiger partial charge in [0.05, 0.1) is 31.9 Å². The van der Waals surface area contributed by atoms with Crippen LogP contribution in [0.15, 0.2) is 47.6 Å². The van der Waals surface area contributed by atoms with E-state index >= 15 is 0 Å². The van der Waals surface area contributed by atoms with E-state index in [1.165, 1.54) is 27.2 Å². The maximum absolute atomic E-state index is 12.5. The first-order valence-electron chi connectivity index (χ1n) is 9.46. The second-order valence-corrected chi connectivity index (χ2v) is 8.70. The van der Waals surface area contributed by atoms with Crippen molar-refractivity contribution in [1.29, 1.82) is 0 Å². The largest absolute Gasteiger partial charge is 0.497 e. The number of hydrazone groups is 1. The fourth-order valence-electron chi connectivity index (χ4n) is 2.75. The normalized spacial score (nSPS) is 11.5.